The Morgan fingerprint density at radius 2 is 1.90 bits per heavy atom. The average Bonchev–Trinajstić information content (AvgIpc) is 2.83. The summed E-state index contributed by atoms with van der Waals surface area (Å²) in [4.78, 5) is 0. The molecule has 0 radical (unpaired) electrons. The maximum absolute atomic E-state index is 2.71. The third-order valence-electron chi connectivity index (χ3n) is 8.71. The van der Waals surface area contributed by atoms with Gasteiger partial charge in [0.1, 0.15) is 0 Å². The highest BCUT2D eigenvalue weighted by Gasteiger charge is 2.57. The smallest absolute Gasteiger partial charge is 0.00853 e. The van der Waals surface area contributed by atoms with Gasteiger partial charge in [0.15, 0.2) is 0 Å². The molecule has 118 valence electrons. The lowest BCUT2D eigenvalue weighted by Crippen LogP contribution is -2.49. The first-order chi connectivity index (χ1) is 10.1. The summed E-state index contributed by atoms with van der Waals surface area (Å²) in [6.07, 6.45) is 17.5. The summed E-state index contributed by atoms with van der Waals surface area (Å²) >= 11 is 0. The Hall–Kier alpha value is -0.260. The van der Waals surface area contributed by atoms with Crippen LogP contribution < -0.4 is 0 Å². The number of hydrogen-bond donors (Lipinski definition) is 0. The highest BCUT2D eigenvalue weighted by molar-refractivity contribution is 5.24. The van der Waals surface area contributed by atoms with Crippen LogP contribution in [0.4, 0.5) is 0 Å². The normalized spacial score (nSPS) is 52.6. The van der Waals surface area contributed by atoms with Crippen molar-refractivity contribution < 1.29 is 0 Å². The quantitative estimate of drug-likeness (QED) is 0.492. The molecule has 0 bridgehead atoms. The third-order valence-corrected chi connectivity index (χ3v) is 8.71. The molecule has 0 heterocycles. The average molecular weight is 287 g/mol. The molecule has 4 aliphatic rings. The molecule has 0 N–H and O–H groups in total. The van der Waals surface area contributed by atoms with Crippen LogP contribution in [0, 0.1) is 34.5 Å². The van der Waals surface area contributed by atoms with Gasteiger partial charge in [0.2, 0.25) is 0 Å². The molecule has 0 aromatic rings. The Morgan fingerprint density at radius 1 is 1.05 bits per heavy atom. The van der Waals surface area contributed by atoms with Crippen molar-refractivity contribution in [2.45, 2.75) is 85.0 Å². The Balaban J connectivity index is 1.67. The van der Waals surface area contributed by atoms with Crippen molar-refractivity contribution in [3.63, 3.8) is 0 Å². The first kappa shape index (κ1) is 14.3. The third kappa shape index (κ3) is 1.86. The van der Waals surface area contributed by atoms with Crippen molar-refractivity contribution >= 4 is 0 Å². The van der Waals surface area contributed by atoms with E-state index in [2.05, 4.69) is 26.8 Å². The Morgan fingerprint density at radius 3 is 2.71 bits per heavy atom. The molecule has 0 saturated heterocycles. The number of fused-ring (bicyclic) bond motifs is 5. The minimum Gasteiger partial charge on any atom is -0.0845 e. The minimum absolute atomic E-state index is 0.590. The molecule has 0 heteroatoms. The van der Waals surface area contributed by atoms with Gasteiger partial charge in [-0.15, -0.1) is 0 Å². The first-order valence-corrected chi connectivity index (χ1v) is 9.79. The van der Waals surface area contributed by atoms with Gasteiger partial charge in [0.25, 0.3) is 0 Å². The molecule has 0 unspecified atom stereocenters. The van der Waals surface area contributed by atoms with E-state index >= 15 is 0 Å². The predicted molar refractivity (Wildman–Crippen MR) is 90.1 cm³/mol. The summed E-state index contributed by atoms with van der Waals surface area (Å²) in [5.41, 5.74) is 3.14. The Kier molecular flexibility index (Phi) is 3.32. The van der Waals surface area contributed by atoms with Crippen LogP contribution in [0.1, 0.15) is 85.0 Å². The second kappa shape index (κ2) is 4.87. The van der Waals surface area contributed by atoms with Crippen LogP contribution in [0.2, 0.25) is 0 Å². The zero-order chi connectivity index (χ0) is 14.7. The Bertz CT molecular complexity index is 447. The zero-order valence-corrected chi connectivity index (χ0v) is 14.5. The molecule has 3 saturated carbocycles. The summed E-state index contributed by atoms with van der Waals surface area (Å²) in [6, 6.07) is 0. The molecule has 6 atom stereocenters. The van der Waals surface area contributed by atoms with E-state index in [4.69, 9.17) is 0 Å². The topological polar surface area (TPSA) is 0 Å². The molecule has 0 amide bonds. The van der Waals surface area contributed by atoms with Crippen molar-refractivity contribution in [3.8, 4) is 0 Å². The summed E-state index contributed by atoms with van der Waals surface area (Å²) in [6.45, 7) is 7.74. The fourth-order valence-electron chi connectivity index (χ4n) is 7.48. The fourth-order valence-corrected chi connectivity index (χ4v) is 7.48. The van der Waals surface area contributed by atoms with Crippen molar-refractivity contribution in [1.82, 2.24) is 0 Å². The van der Waals surface area contributed by atoms with Crippen LogP contribution in [-0.2, 0) is 0 Å². The molecular formula is C21H34. The van der Waals surface area contributed by atoms with Crippen molar-refractivity contribution in [1.29, 1.82) is 0 Å². The lowest BCUT2D eigenvalue weighted by Gasteiger charge is -2.57. The minimum atomic E-state index is 0.590. The van der Waals surface area contributed by atoms with E-state index in [1.165, 1.54) is 64.2 Å². The van der Waals surface area contributed by atoms with Gasteiger partial charge in [-0.2, -0.15) is 0 Å². The van der Waals surface area contributed by atoms with Crippen LogP contribution >= 0.6 is 0 Å². The standard InChI is InChI=1S/C21H34/c1-4-15-9-11-18-17-10-8-16-7-5-6-13-20(16,2)19(17)12-14-21(15,18)3/h8,15,17-19H,4-7,9-14H2,1-3H3/t15-,17-,18-,19-,20-,21+/m0/s1. The monoisotopic (exact) mass is 286 g/mol. The van der Waals surface area contributed by atoms with Gasteiger partial charge in [0.05, 0.1) is 0 Å². The fraction of sp³-hybridized carbons (Fsp3) is 0.905. The van der Waals surface area contributed by atoms with Crippen LogP contribution in [0.3, 0.4) is 0 Å². The summed E-state index contributed by atoms with van der Waals surface area (Å²) in [5.74, 6) is 4.10. The van der Waals surface area contributed by atoms with Crippen LogP contribution in [0.5, 0.6) is 0 Å². The molecule has 0 aromatic carbocycles. The summed E-state index contributed by atoms with van der Waals surface area (Å²) < 4.78 is 0. The van der Waals surface area contributed by atoms with E-state index in [0.717, 1.165) is 23.7 Å². The molecule has 0 nitrogen and oxygen atoms in total. The highest BCUT2D eigenvalue weighted by atomic mass is 14.6. The van der Waals surface area contributed by atoms with Crippen molar-refractivity contribution in [3.05, 3.63) is 11.6 Å². The molecule has 0 spiro atoms. The lowest BCUT2D eigenvalue weighted by molar-refractivity contribution is -0.0415. The van der Waals surface area contributed by atoms with E-state index in [0.29, 0.717) is 10.8 Å². The number of allylic oxidation sites excluding steroid dienone is 2. The maximum Gasteiger partial charge on any atom is -0.00853 e. The molecule has 4 aliphatic carbocycles. The van der Waals surface area contributed by atoms with E-state index in [1.807, 2.05) is 5.57 Å². The second-order valence-corrected chi connectivity index (χ2v) is 9.19. The number of hydrogen-bond acceptors (Lipinski definition) is 0. The Labute approximate surface area is 131 Å². The van der Waals surface area contributed by atoms with Crippen molar-refractivity contribution in [2.24, 2.45) is 34.5 Å². The largest absolute Gasteiger partial charge is 0.0845 e. The van der Waals surface area contributed by atoms with Crippen molar-refractivity contribution in [2.75, 3.05) is 0 Å². The van der Waals surface area contributed by atoms with E-state index in [1.54, 1.807) is 0 Å². The van der Waals surface area contributed by atoms with Crippen LogP contribution in [0.15, 0.2) is 11.6 Å². The molecular weight excluding hydrogens is 252 g/mol. The SMILES string of the molecule is CC[C@H]1CC[C@H]2[C@@H]3CC=C4CCCC[C@]4(C)[C@H]3CC[C@]12C. The van der Waals surface area contributed by atoms with Gasteiger partial charge in [-0.3, -0.25) is 0 Å². The van der Waals surface area contributed by atoms with Gasteiger partial charge < -0.3 is 0 Å². The van der Waals surface area contributed by atoms with Gasteiger partial charge in [-0.1, -0.05) is 45.3 Å². The molecule has 0 aliphatic heterocycles. The lowest BCUT2D eigenvalue weighted by atomic mass is 9.47. The summed E-state index contributed by atoms with van der Waals surface area (Å²) in [5, 5.41) is 0. The molecule has 4 rings (SSSR count). The highest BCUT2D eigenvalue weighted by Crippen LogP contribution is 2.66. The van der Waals surface area contributed by atoms with Crippen LogP contribution in [0.25, 0.3) is 0 Å². The molecule has 0 aromatic heterocycles. The van der Waals surface area contributed by atoms with E-state index in [9.17, 15) is 0 Å². The predicted octanol–water partition coefficient (Wildman–Crippen LogP) is 6.37. The first-order valence-electron chi connectivity index (χ1n) is 9.79. The maximum atomic E-state index is 2.71. The molecule has 21 heavy (non-hydrogen) atoms. The van der Waals surface area contributed by atoms with Gasteiger partial charge in [-0.05, 0) is 85.9 Å². The van der Waals surface area contributed by atoms with Gasteiger partial charge in [0, 0.05) is 0 Å². The second-order valence-electron chi connectivity index (χ2n) is 9.19. The van der Waals surface area contributed by atoms with E-state index in [-0.39, 0.29) is 0 Å². The van der Waals surface area contributed by atoms with Crippen LogP contribution in [-0.4, -0.2) is 0 Å². The van der Waals surface area contributed by atoms with Gasteiger partial charge in [-0.25, -0.2) is 0 Å². The zero-order valence-electron chi connectivity index (χ0n) is 14.5. The summed E-state index contributed by atoms with van der Waals surface area (Å²) in [7, 11) is 0. The molecule has 3 fully saturated rings. The number of rotatable bonds is 1. The van der Waals surface area contributed by atoms with E-state index < -0.39 is 0 Å². The van der Waals surface area contributed by atoms with Gasteiger partial charge >= 0.3 is 0 Å².